The molecule has 0 bridgehead atoms. The monoisotopic (exact) mass is 270 g/mol. The maximum atomic E-state index is 12.3. The van der Waals surface area contributed by atoms with Crippen molar-refractivity contribution in [2.75, 3.05) is 38.2 Å². The second-order valence-electron chi connectivity index (χ2n) is 5.70. The number of piperidine rings is 2. The van der Waals surface area contributed by atoms with E-state index in [0.29, 0.717) is 11.8 Å². The molecular weight excluding hydrogens is 244 g/mol. The van der Waals surface area contributed by atoms with E-state index < -0.39 is 0 Å². The van der Waals surface area contributed by atoms with Crippen molar-refractivity contribution in [1.29, 1.82) is 0 Å². The first-order valence-corrected chi connectivity index (χ1v) is 8.66. The molecule has 0 radical (unpaired) electrons. The largest absolute Gasteiger partial charge is 0.342 e. The van der Waals surface area contributed by atoms with Crippen molar-refractivity contribution < 1.29 is 4.79 Å². The SMILES string of the molecule is CSC[C@@H]1CCCN(C(=O)CC2CCNCC2)C1. The molecule has 1 N–H and O–H groups in total. The minimum atomic E-state index is 0.410. The van der Waals surface area contributed by atoms with Gasteiger partial charge in [-0.25, -0.2) is 0 Å². The number of amides is 1. The molecule has 4 heteroatoms. The fourth-order valence-electron chi connectivity index (χ4n) is 3.13. The van der Waals surface area contributed by atoms with Gasteiger partial charge < -0.3 is 10.2 Å². The quantitative estimate of drug-likeness (QED) is 0.848. The van der Waals surface area contributed by atoms with Crippen LogP contribution in [0.2, 0.25) is 0 Å². The van der Waals surface area contributed by atoms with Gasteiger partial charge in [0.2, 0.25) is 5.91 Å². The van der Waals surface area contributed by atoms with E-state index >= 15 is 0 Å². The lowest BCUT2D eigenvalue weighted by atomic mass is 9.93. The maximum Gasteiger partial charge on any atom is 0.222 e. The Labute approximate surface area is 115 Å². The molecule has 0 unspecified atom stereocenters. The Kier molecular flexibility index (Phi) is 5.83. The standard InChI is InChI=1S/C14H26N2OS/c1-18-11-13-3-2-8-16(10-13)14(17)9-12-4-6-15-7-5-12/h12-13,15H,2-11H2,1H3/t13-/m1/s1. The summed E-state index contributed by atoms with van der Waals surface area (Å²) < 4.78 is 0. The minimum Gasteiger partial charge on any atom is -0.342 e. The highest BCUT2D eigenvalue weighted by atomic mass is 32.2. The van der Waals surface area contributed by atoms with Crippen molar-refractivity contribution in [3.8, 4) is 0 Å². The lowest BCUT2D eigenvalue weighted by Gasteiger charge is -2.34. The van der Waals surface area contributed by atoms with Crippen LogP contribution in [0.25, 0.3) is 0 Å². The Morgan fingerprint density at radius 2 is 2.06 bits per heavy atom. The predicted molar refractivity (Wildman–Crippen MR) is 77.9 cm³/mol. The third kappa shape index (κ3) is 4.16. The van der Waals surface area contributed by atoms with Gasteiger partial charge in [0.15, 0.2) is 0 Å². The molecule has 0 aromatic rings. The first kappa shape index (κ1) is 14.2. The van der Waals surface area contributed by atoms with E-state index in [2.05, 4.69) is 16.5 Å². The zero-order valence-corrected chi connectivity index (χ0v) is 12.3. The number of nitrogens with zero attached hydrogens (tertiary/aromatic N) is 1. The number of nitrogens with one attached hydrogen (secondary N) is 1. The van der Waals surface area contributed by atoms with Crippen molar-refractivity contribution in [3.05, 3.63) is 0 Å². The first-order chi connectivity index (χ1) is 8.79. The van der Waals surface area contributed by atoms with Crippen LogP contribution in [0.1, 0.15) is 32.1 Å². The van der Waals surface area contributed by atoms with Gasteiger partial charge in [0.1, 0.15) is 0 Å². The van der Waals surface area contributed by atoms with Gasteiger partial charge in [0.05, 0.1) is 0 Å². The number of hydrogen-bond acceptors (Lipinski definition) is 3. The van der Waals surface area contributed by atoms with Gasteiger partial charge in [0.25, 0.3) is 0 Å². The lowest BCUT2D eigenvalue weighted by Crippen LogP contribution is -2.42. The molecule has 18 heavy (non-hydrogen) atoms. The second-order valence-corrected chi connectivity index (χ2v) is 6.61. The van der Waals surface area contributed by atoms with Crippen LogP contribution in [-0.4, -0.2) is 49.0 Å². The number of carbonyl (C=O) groups excluding carboxylic acids is 1. The average molecular weight is 270 g/mol. The molecule has 2 saturated heterocycles. The molecule has 1 amide bonds. The summed E-state index contributed by atoms with van der Waals surface area (Å²) in [5, 5.41) is 3.36. The number of carbonyl (C=O) groups is 1. The van der Waals surface area contributed by atoms with Gasteiger partial charge in [0, 0.05) is 19.5 Å². The van der Waals surface area contributed by atoms with Gasteiger partial charge in [-0.05, 0) is 62.6 Å². The van der Waals surface area contributed by atoms with Crippen LogP contribution in [0.3, 0.4) is 0 Å². The van der Waals surface area contributed by atoms with E-state index in [9.17, 15) is 4.79 Å². The summed E-state index contributed by atoms with van der Waals surface area (Å²) in [6.07, 6.45) is 7.80. The summed E-state index contributed by atoms with van der Waals surface area (Å²) in [5.74, 6) is 2.97. The zero-order valence-electron chi connectivity index (χ0n) is 11.5. The van der Waals surface area contributed by atoms with Gasteiger partial charge in [-0.3, -0.25) is 4.79 Å². The van der Waals surface area contributed by atoms with Crippen molar-refractivity contribution in [2.24, 2.45) is 11.8 Å². The predicted octanol–water partition coefficient (Wildman–Crippen LogP) is 1.98. The molecule has 0 spiro atoms. The Morgan fingerprint density at radius 3 is 2.78 bits per heavy atom. The highest BCUT2D eigenvalue weighted by Crippen LogP contribution is 2.23. The van der Waals surface area contributed by atoms with Crippen LogP contribution in [0.4, 0.5) is 0 Å². The zero-order chi connectivity index (χ0) is 12.8. The van der Waals surface area contributed by atoms with Crippen LogP contribution in [0, 0.1) is 11.8 Å². The molecule has 0 aliphatic carbocycles. The minimum absolute atomic E-state index is 0.410. The molecule has 104 valence electrons. The second kappa shape index (κ2) is 7.39. The molecule has 2 rings (SSSR count). The normalized spacial score (nSPS) is 26.3. The molecule has 0 saturated carbocycles. The Hall–Kier alpha value is -0.220. The highest BCUT2D eigenvalue weighted by Gasteiger charge is 2.25. The topological polar surface area (TPSA) is 32.3 Å². The third-order valence-corrected chi connectivity index (χ3v) is 5.00. The molecular formula is C14H26N2OS. The molecule has 3 nitrogen and oxygen atoms in total. The highest BCUT2D eigenvalue weighted by molar-refractivity contribution is 7.98. The van der Waals surface area contributed by atoms with Gasteiger partial charge in [-0.1, -0.05) is 0 Å². The number of rotatable bonds is 4. The van der Waals surface area contributed by atoms with Crippen LogP contribution in [-0.2, 0) is 4.79 Å². The summed E-state index contributed by atoms with van der Waals surface area (Å²) in [6.45, 7) is 4.18. The van der Waals surface area contributed by atoms with E-state index in [-0.39, 0.29) is 0 Å². The van der Waals surface area contributed by atoms with Gasteiger partial charge in [-0.2, -0.15) is 11.8 Å². The van der Waals surface area contributed by atoms with Crippen LogP contribution in [0.5, 0.6) is 0 Å². The first-order valence-electron chi connectivity index (χ1n) is 7.27. The Morgan fingerprint density at radius 1 is 1.28 bits per heavy atom. The van der Waals surface area contributed by atoms with Crippen molar-refractivity contribution >= 4 is 17.7 Å². The summed E-state index contributed by atoms with van der Waals surface area (Å²) in [5.41, 5.74) is 0. The van der Waals surface area contributed by atoms with Crippen LogP contribution < -0.4 is 5.32 Å². The van der Waals surface area contributed by atoms with Gasteiger partial charge in [-0.15, -0.1) is 0 Å². The van der Waals surface area contributed by atoms with Crippen molar-refractivity contribution in [2.45, 2.75) is 32.1 Å². The van der Waals surface area contributed by atoms with Crippen LogP contribution in [0.15, 0.2) is 0 Å². The van der Waals surface area contributed by atoms with E-state index in [1.165, 1.54) is 31.4 Å². The Balaban J connectivity index is 1.76. The fourth-order valence-corrected chi connectivity index (χ4v) is 3.87. The Bertz CT molecular complexity index is 265. The molecule has 0 aromatic heterocycles. The molecule has 2 aliphatic heterocycles. The maximum absolute atomic E-state index is 12.3. The van der Waals surface area contributed by atoms with Crippen LogP contribution >= 0.6 is 11.8 Å². The summed E-state index contributed by atoms with van der Waals surface area (Å²) in [7, 11) is 0. The fraction of sp³-hybridized carbons (Fsp3) is 0.929. The van der Waals surface area contributed by atoms with Crippen molar-refractivity contribution in [3.63, 3.8) is 0 Å². The van der Waals surface area contributed by atoms with E-state index in [1.54, 1.807) is 0 Å². The molecule has 1 atom stereocenters. The molecule has 2 aliphatic rings. The smallest absolute Gasteiger partial charge is 0.222 e. The summed E-state index contributed by atoms with van der Waals surface area (Å²) in [4.78, 5) is 14.4. The lowest BCUT2D eigenvalue weighted by molar-refractivity contribution is -0.134. The van der Waals surface area contributed by atoms with E-state index in [4.69, 9.17) is 0 Å². The number of thioether (sulfide) groups is 1. The number of likely N-dealkylation sites (tertiary alicyclic amines) is 1. The molecule has 2 heterocycles. The number of hydrogen-bond donors (Lipinski definition) is 1. The average Bonchev–Trinajstić information content (AvgIpc) is 2.40. The van der Waals surface area contributed by atoms with E-state index in [1.807, 2.05) is 11.8 Å². The van der Waals surface area contributed by atoms with E-state index in [0.717, 1.165) is 38.5 Å². The van der Waals surface area contributed by atoms with Crippen molar-refractivity contribution in [1.82, 2.24) is 10.2 Å². The van der Waals surface area contributed by atoms with Gasteiger partial charge >= 0.3 is 0 Å². The summed E-state index contributed by atoms with van der Waals surface area (Å²) >= 11 is 1.91. The molecule has 0 aromatic carbocycles. The summed E-state index contributed by atoms with van der Waals surface area (Å²) in [6, 6.07) is 0. The molecule has 2 fully saturated rings. The third-order valence-electron chi connectivity index (χ3n) is 4.20.